The van der Waals surface area contributed by atoms with E-state index in [-0.39, 0.29) is 17.8 Å². The summed E-state index contributed by atoms with van der Waals surface area (Å²) in [5.41, 5.74) is 6.72. The maximum Gasteiger partial charge on any atom is 0.168 e. The molecular weight excluding hydrogens is 205 g/mol. The highest BCUT2D eigenvalue weighted by molar-refractivity contribution is 5.34. The number of hydrogen-bond acceptors (Lipinski definition) is 2. The lowest BCUT2D eigenvalue weighted by Crippen LogP contribution is -2.24. The van der Waals surface area contributed by atoms with Crippen molar-refractivity contribution in [2.24, 2.45) is 11.7 Å². The van der Waals surface area contributed by atoms with Gasteiger partial charge in [-0.1, -0.05) is 19.1 Å². The molecule has 2 rings (SSSR count). The molecule has 0 bridgehead atoms. The second-order valence-corrected chi connectivity index (χ2v) is 4.57. The molecule has 3 atom stereocenters. The maximum atomic E-state index is 14.1. The van der Waals surface area contributed by atoms with Crippen LogP contribution in [0.5, 0.6) is 5.75 Å². The fraction of sp³-hybridized carbons (Fsp3) is 0.538. The van der Waals surface area contributed by atoms with E-state index in [9.17, 15) is 4.39 Å². The minimum absolute atomic E-state index is 0.190. The topological polar surface area (TPSA) is 35.2 Å². The van der Waals surface area contributed by atoms with Gasteiger partial charge in [-0.3, -0.25) is 0 Å². The summed E-state index contributed by atoms with van der Waals surface area (Å²) in [5, 5.41) is 0. The lowest BCUT2D eigenvalue weighted by Gasteiger charge is -2.19. The van der Waals surface area contributed by atoms with E-state index in [1.807, 2.05) is 12.1 Å². The average Bonchev–Trinajstić information content (AvgIpc) is 2.61. The Morgan fingerprint density at radius 2 is 2.12 bits per heavy atom. The zero-order chi connectivity index (χ0) is 11.7. The van der Waals surface area contributed by atoms with Crippen molar-refractivity contribution in [3.8, 4) is 5.75 Å². The van der Waals surface area contributed by atoms with Crippen molar-refractivity contribution in [2.75, 3.05) is 7.11 Å². The molecule has 0 amide bonds. The third-order valence-electron chi connectivity index (χ3n) is 3.73. The molecule has 2 nitrogen and oxygen atoms in total. The first-order valence-corrected chi connectivity index (χ1v) is 5.73. The van der Waals surface area contributed by atoms with E-state index in [0.717, 1.165) is 18.4 Å². The van der Waals surface area contributed by atoms with Gasteiger partial charge in [0.1, 0.15) is 0 Å². The van der Waals surface area contributed by atoms with E-state index in [1.165, 1.54) is 7.11 Å². The molecule has 1 aromatic rings. The normalized spacial score (nSPS) is 29.4. The highest BCUT2D eigenvalue weighted by Gasteiger charge is 2.33. The van der Waals surface area contributed by atoms with Gasteiger partial charge in [0.05, 0.1) is 7.11 Å². The predicted molar refractivity (Wildman–Crippen MR) is 62.1 cm³/mol. The smallest absolute Gasteiger partial charge is 0.168 e. The molecule has 1 aliphatic carbocycles. The van der Waals surface area contributed by atoms with E-state index >= 15 is 0 Å². The highest BCUT2D eigenvalue weighted by Crippen LogP contribution is 2.41. The third-order valence-corrected chi connectivity index (χ3v) is 3.73. The second kappa shape index (κ2) is 4.42. The van der Waals surface area contributed by atoms with Crippen molar-refractivity contribution < 1.29 is 9.13 Å². The quantitative estimate of drug-likeness (QED) is 0.836. The molecule has 1 aliphatic rings. The summed E-state index contributed by atoms with van der Waals surface area (Å²) < 4.78 is 19.1. The number of ether oxygens (including phenoxy) is 1. The van der Waals surface area contributed by atoms with E-state index in [0.29, 0.717) is 11.7 Å². The molecule has 16 heavy (non-hydrogen) atoms. The van der Waals surface area contributed by atoms with Gasteiger partial charge in [-0.05, 0) is 36.3 Å². The molecule has 88 valence electrons. The predicted octanol–water partition coefficient (Wildman–Crippen LogP) is 2.68. The zero-order valence-electron chi connectivity index (χ0n) is 9.74. The molecule has 1 fully saturated rings. The van der Waals surface area contributed by atoms with Gasteiger partial charge in [-0.2, -0.15) is 0 Å². The summed E-state index contributed by atoms with van der Waals surface area (Å²) >= 11 is 0. The van der Waals surface area contributed by atoms with Crippen LogP contribution in [0, 0.1) is 11.7 Å². The van der Waals surface area contributed by atoms with Crippen LogP contribution in [-0.4, -0.2) is 13.2 Å². The van der Waals surface area contributed by atoms with Gasteiger partial charge >= 0.3 is 0 Å². The first-order valence-electron chi connectivity index (χ1n) is 5.73. The molecule has 0 heterocycles. The molecule has 0 aliphatic heterocycles. The van der Waals surface area contributed by atoms with Crippen molar-refractivity contribution in [1.29, 1.82) is 0 Å². The number of hydrogen-bond donors (Lipinski definition) is 1. The van der Waals surface area contributed by atoms with E-state index < -0.39 is 0 Å². The van der Waals surface area contributed by atoms with E-state index in [4.69, 9.17) is 10.5 Å². The largest absolute Gasteiger partial charge is 0.494 e. The fourth-order valence-electron chi connectivity index (χ4n) is 2.61. The number of halogens is 1. The van der Waals surface area contributed by atoms with Crippen LogP contribution in [0.2, 0.25) is 0 Å². The summed E-state index contributed by atoms with van der Waals surface area (Å²) in [5.74, 6) is 0.660. The number of nitrogens with two attached hydrogens (primary N) is 1. The molecule has 1 aromatic carbocycles. The summed E-state index contributed by atoms with van der Waals surface area (Å²) in [6.45, 7) is 2.10. The molecule has 2 N–H and O–H groups in total. The molecule has 0 aromatic heterocycles. The van der Waals surface area contributed by atoms with Crippen LogP contribution in [0.15, 0.2) is 18.2 Å². The summed E-state index contributed by atoms with van der Waals surface area (Å²) in [4.78, 5) is 0. The number of methoxy groups -OCH3 is 1. The van der Waals surface area contributed by atoms with Gasteiger partial charge < -0.3 is 10.5 Å². The third kappa shape index (κ3) is 1.80. The Labute approximate surface area is 95.6 Å². The van der Waals surface area contributed by atoms with Gasteiger partial charge in [-0.15, -0.1) is 0 Å². The first kappa shape index (κ1) is 11.4. The molecule has 0 spiro atoms. The summed E-state index contributed by atoms with van der Waals surface area (Å²) in [7, 11) is 1.49. The minimum atomic E-state index is -0.226. The summed E-state index contributed by atoms with van der Waals surface area (Å²) in [6, 6.07) is 5.53. The Hall–Kier alpha value is -1.09. The first-order chi connectivity index (χ1) is 7.65. The molecule has 3 unspecified atom stereocenters. The number of benzene rings is 1. The zero-order valence-corrected chi connectivity index (χ0v) is 9.74. The van der Waals surface area contributed by atoms with E-state index in [1.54, 1.807) is 6.07 Å². The fourth-order valence-corrected chi connectivity index (χ4v) is 2.61. The highest BCUT2D eigenvalue weighted by atomic mass is 19.1. The Kier molecular flexibility index (Phi) is 3.15. The van der Waals surface area contributed by atoms with Crippen molar-refractivity contribution in [3.63, 3.8) is 0 Å². The molecule has 3 heteroatoms. The Morgan fingerprint density at radius 3 is 2.69 bits per heavy atom. The van der Waals surface area contributed by atoms with Crippen molar-refractivity contribution in [1.82, 2.24) is 0 Å². The Balaban J connectivity index is 2.34. The summed E-state index contributed by atoms with van der Waals surface area (Å²) in [6.07, 6.45) is 1.94. The minimum Gasteiger partial charge on any atom is -0.494 e. The van der Waals surface area contributed by atoms with Crippen LogP contribution < -0.4 is 10.5 Å². The molecule has 1 saturated carbocycles. The Morgan fingerprint density at radius 1 is 1.38 bits per heavy atom. The standard InChI is InChI=1S/C13H18FNO/c1-8-9(6-7-11(8)15)10-4-3-5-12(16-2)13(10)14/h3-5,8-9,11H,6-7,15H2,1-2H3. The lowest BCUT2D eigenvalue weighted by molar-refractivity contribution is 0.378. The molecular formula is C13H18FNO. The van der Waals surface area contributed by atoms with Crippen LogP contribution >= 0.6 is 0 Å². The van der Waals surface area contributed by atoms with Crippen LogP contribution in [0.3, 0.4) is 0 Å². The van der Waals surface area contributed by atoms with E-state index in [2.05, 4.69) is 6.92 Å². The monoisotopic (exact) mass is 223 g/mol. The van der Waals surface area contributed by atoms with Gasteiger partial charge in [0, 0.05) is 6.04 Å². The van der Waals surface area contributed by atoms with Crippen LogP contribution in [0.4, 0.5) is 4.39 Å². The maximum absolute atomic E-state index is 14.1. The molecule has 0 radical (unpaired) electrons. The van der Waals surface area contributed by atoms with Gasteiger partial charge in [0.15, 0.2) is 11.6 Å². The van der Waals surface area contributed by atoms with Crippen molar-refractivity contribution >= 4 is 0 Å². The van der Waals surface area contributed by atoms with Gasteiger partial charge in [0.25, 0.3) is 0 Å². The van der Waals surface area contributed by atoms with Gasteiger partial charge in [-0.25, -0.2) is 4.39 Å². The van der Waals surface area contributed by atoms with Crippen LogP contribution in [-0.2, 0) is 0 Å². The SMILES string of the molecule is COc1cccc(C2CCC(N)C2C)c1F. The number of rotatable bonds is 2. The van der Waals surface area contributed by atoms with Crippen molar-refractivity contribution in [2.45, 2.75) is 31.7 Å². The van der Waals surface area contributed by atoms with Crippen molar-refractivity contribution in [3.05, 3.63) is 29.6 Å². The Bertz CT molecular complexity index is 380. The van der Waals surface area contributed by atoms with Crippen LogP contribution in [0.1, 0.15) is 31.2 Å². The van der Waals surface area contributed by atoms with Crippen LogP contribution in [0.25, 0.3) is 0 Å². The molecule has 0 saturated heterocycles. The lowest BCUT2D eigenvalue weighted by atomic mass is 9.88. The average molecular weight is 223 g/mol. The van der Waals surface area contributed by atoms with Gasteiger partial charge in [0.2, 0.25) is 0 Å². The second-order valence-electron chi connectivity index (χ2n) is 4.57.